The molecule has 5 heteroatoms. The molecule has 0 bridgehead atoms. The van der Waals surface area contributed by atoms with Crippen molar-refractivity contribution in [3.05, 3.63) is 52.8 Å². The molecular formula is C13H10BrNO3. The van der Waals surface area contributed by atoms with E-state index >= 15 is 0 Å². The first-order valence-electron chi connectivity index (χ1n) is 5.16. The average molecular weight is 308 g/mol. The Balaban J connectivity index is 2.19. The van der Waals surface area contributed by atoms with Crippen LogP contribution in [0, 0.1) is 0 Å². The zero-order valence-electron chi connectivity index (χ0n) is 9.59. The van der Waals surface area contributed by atoms with Gasteiger partial charge in [0.25, 0.3) is 0 Å². The Morgan fingerprint density at radius 1 is 1.17 bits per heavy atom. The Kier molecular flexibility index (Phi) is 3.94. The second-order valence-electron chi connectivity index (χ2n) is 3.46. The normalized spacial score (nSPS) is 9.89. The number of aromatic nitrogens is 1. The van der Waals surface area contributed by atoms with Crippen LogP contribution in [0.15, 0.2) is 47.2 Å². The highest BCUT2D eigenvalue weighted by molar-refractivity contribution is 9.10. The largest absolute Gasteiger partial charge is 0.465 e. The summed E-state index contributed by atoms with van der Waals surface area (Å²) < 4.78 is 11.2. The molecule has 0 aliphatic heterocycles. The van der Waals surface area contributed by atoms with Crippen LogP contribution in [0.1, 0.15) is 10.4 Å². The smallest absolute Gasteiger partial charge is 0.339 e. The quantitative estimate of drug-likeness (QED) is 0.815. The fourth-order valence-corrected chi connectivity index (χ4v) is 1.61. The summed E-state index contributed by atoms with van der Waals surface area (Å²) in [5.74, 6) is 0.714. The molecule has 0 aliphatic carbocycles. The molecule has 0 atom stereocenters. The summed E-state index contributed by atoms with van der Waals surface area (Å²) in [6, 6.07) is 8.95. The number of pyridine rings is 1. The highest BCUT2D eigenvalue weighted by atomic mass is 79.9. The van der Waals surface area contributed by atoms with Gasteiger partial charge in [0, 0.05) is 10.7 Å². The maximum atomic E-state index is 11.3. The summed E-state index contributed by atoms with van der Waals surface area (Å²) >= 11 is 3.34. The molecule has 0 aliphatic rings. The lowest BCUT2D eigenvalue weighted by Crippen LogP contribution is -2.01. The Bertz CT molecular complexity index is 554. The van der Waals surface area contributed by atoms with Crippen LogP contribution in [0.4, 0.5) is 0 Å². The molecule has 0 fully saturated rings. The van der Waals surface area contributed by atoms with Gasteiger partial charge in [-0.1, -0.05) is 15.9 Å². The third-order valence-corrected chi connectivity index (χ3v) is 2.71. The van der Waals surface area contributed by atoms with Gasteiger partial charge in [-0.25, -0.2) is 4.79 Å². The maximum Gasteiger partial charge on any atom is 0.339 e. The van der Waals surface area contributed by atoms with Gasteiger partial charge in [0.15, 0.2) is 0 Å². The zero-order chi connectivity index (χ0) is 13.0. The molecule has 0 unspecified atom stereocenters. The Labute approximate surface area is 113 Å². The van der Waals surface area contributed by atoms with Crippen LogP contribution >= 0.6 is 15.9 Å². The first kappa shape index (κ1) is 12.6. The standard InChI is InChI=1S/C13H10BrNO3/c1-17-13(16)9-6-12(8-15-7-9)18-11-4-2-10(14)3-5-11/h2-8H,1H3. The minimum atomic E-state index is -0.441. The number of rotatable bonds is 3. The molecule has 1 aromatic carbocycles. The van der Waals surface area contributed by atoms with Gasteiger partial charge in [-0.3, -0.25) is 4.98 Å². The highest BCUT2D eigenvalue weighted by Crippen LogP contribution is 2.23. The first-order valence-corrected chi connectivity index (χ1v) is 5.95. The van der Waals surface area contributed by atoms with Crippen molar-refractivity contribution in [2.75, 3.05) is 7.11 Å². The molecule has 0 amide bonds. The SMILES string of the molecule is COC(=O)c1cncc(Oc2ccc(Br)cc2)c1. The maximum absolute atomic E-state index is 11.3. The molecule has 0 spiro atoms. The molecule has 1 heterocycles. The topological polar surface area (TPSA) is 48.4 Å². The molecule has 18 heavy (non-hydrogen) atoms. The van der Waals surface area contributed by atoms with E-state index in [0.29, 0.717) is 17.1 Å². The van der Waals surface area contributed by atoms with Crippen LogP contribution in [-0.4, -0.2) is 18.1 Å². The van der Waals surface area contributed by atoms with E-state index in [0.717, 1.165) is 4.47 Å². The van der Waals surface area contributed by atoms with Gasteiger partial charge in [-0.15, -0.1) is 0 Å². The molecule has 2 rings (SSSR count). The fourth-order valence-electron chi connectivity index (χ4n) is 1.34. The third kappa shape index (κ3) is 3.07. The van der Waals surface area contributed by atoms with E-state index in [-0.39, 0.29) is 0 Å². The number of benzene rings is 1. The van der Waals surface area contributed by atoms with Gasteiger partial charge in [0.2, 0.25) is 0 Å². The Morgan fingerprint density at radius 2 is 1.89 bits per heavy atom. The van der Waals surface area contributed by atoms with Crippen molar-refractivity contribution in [3.8, 4) is 11.5 Å². The van der Waals surface area contributed by atoms with Crippen LogP contribution in [0.5, 0.6) is 11.5 Å². The molecule has 0 saturated carbocycles. The van der Waals surface area contributed by atoms with E-state index in [1.165, 1.54) is 19.5 Å². The van der Waals surface area contributed by atoms with E-state index < -0.39 is 5.97 Å². The molecular weight excluding hydrogens is 298 g/mol. The number of methoxy groups -OCH3 is 1. The monoisotopic (exact) mass is 307 g/mol. The summed E-state index contributed by atoms with van der Waals surface area (Å²) in [6.45, 7) is 0. The summed E-state index contributed by atoms with van der Waals surface area (Å²) in [4.78, 5) is 15.3. The molecule has 0 saturated heterocycles. The van der Waals surface area contributed by atoms with Crippen molar-refractivity contribution < 1.29 is 14.3 Å². The van der Waals surface area contributed by atoms with Crippen LogP contribution in [0.25, 0.3) is 0 Å². The summed E-state index contributed by atoms with van der Waals surface area (Å²) in [7, 11) is 1.32. The number of hydrogen-bond acceptors (Lipinski definition) is 4. The van der Waals surface area contributed by atoms with Crippen molar-refractivity contribution >= 4 is 21.9 Å². The Hall–Kier alpha value is -1.88. The minimum absolute atomic E-state index is 0.354. The number of nitrogens with zero attached hydrogens (tertiary/aromatic N) is 1. The summed E-state index contributed by atoms with van der Waals surface area (Å²) in [5, 5.41) is 0. The van der Waals surface area contributed by atoms with Crippen molar-refractivity contribution in [1.82, 2.24) is 4.98 Å². The van der Waals surface area contributed by atoms with Gasteiger partial charge in [-0.2, -0.15) is 0 Å². The van der Waals surface area contributed by atoms with Gasteiger partial charge in [0.1, 0.15) is 11.5 Å². The van der Waals surface area contributed by atoms with Crippen LogP contribution in [0.3, 0.4) is 0 Å². The van der Waals surface area contributed by atoms with Crippen LogP contribution in [0.2, 0.25) is 0 Å². The molecule has 92 valence electrons. The predicted molar refractivity (Wildman–Crippen MR) is 69.8 cm³/mol. The number of ether oxygens (including phenoxy) is 2. The van der Waals surface area contributed by atoms with E-state index in [4.69, 9.17) is 4.74 Å². The van der Waals surface area contributed by atoms with Gasteiger partial charge in [0.05, 0.1) is 18.9 Å². The van der Waals surface area contributed by atoms with Crippen molar-refractivity contribution in [2.24, 2.45) is 0 Å². The summed E-state index contributed by atoms with van der Waals surface area (Å²) in [6.07, 6.45) is 2.97. The average Bonchev–Trinajstić information content (AvgIpc) is 2.41. The zero-order valence-corrected chi connectivity index (χ0v) is 11.2. The van der Waals surface area contributed by atoms with Gasteiger partial charge in [-0.05, 0) is 30.3 Å². The predicted octanol–water partition coefficient (Wildman–Crippen LogP) is 3.42. The molecule has 0 radical (unpaired) electrons. The number of carbonyl (C=O) groups excluding carboxylic acids is 1. The van der Waals surface area contributed by atoms with E-state index in [2.05, 4.69) is 25.7 Å². The molecule has 2 aromatic rings. The Morgan fingerprint density at radius 3 is 2.56 bits per heavy atom. The number of carbonyl (C=O) groups is 1. The lowest BCUT2D eigenvalue weighted by Gasteiger charge is -2.06. The number of hydrogen-bond donors (Lipinski definition) is 0. The first-order chi connectivity index (χ1) is 8.69. The van der Waals surface area contributed by atoms with Crippen LogP contribution < -0.4 is 4.74 Å². The molecule has 4 nitrogen and oxygen atoms in total. The fraction of sp³-hybridized carbons (Fsp3) is 0.0769. The number of esters is 1. The number of halogens is 1. The van der Waals surface area contributed by atoms with E-state index in [9.17, 15) is 4.79 Å². The van der Waals surface area contributed by atoms with E-state index in [1.54, 1.807) is 6.07 Å². The minimum Gasteiger partial charge on any atom is -0.465 e. The van der Waals surface area contributed by atoms with Gasteiger partial charge >= 0.3 is 5.97 Å². The third-order valence-electron chi connectivity index (χ3n) is 2.18. The molecule has 0 N–H and O–H groups in total. The molecule has 1 aromatic heterocycles. The lowest BCUT2D eigenvalue weighted by molar-refractivity contribution is 0.0600. The highest BCUT2D eigenvalue weighted by Gasteiger charge is 2.07. The second kappa shape index (κ2) is 5.64. The summed E-state index contributed by atoms with van der Waals surface area (Å²) in [5.41, 5.74) is 0.354. The lowest BCUT2D eigenvalue weighted by atomic mass is 10.3. The van der Waals surface area contributed by atoms with E-state index in [1.807, 2.05) is 24.3 Å². The van der Waals surface area contributed by atoms with Crippen molar-refractivity contribution in [3.63, 3.8) is 0 Å². The van der Waals surface area contributed by atoms with Crippen molar-refractivity contribution in [2.45, 2.75) is 0 Å². The van der Waals surface area contributed by atoms with Gasteiger partial charge < -0.3 is 9.47 Å². The van der Waals surface area contributed by atoms with Crippen molar-refractivity contribution in [1.29, 1.82) is 0 Å². The van der Waals surface area contributed by atoms with Crippen LogP contribution in [-0.2, 0) is 4.74 Å². The second-order valence-corrected chi connectivity index (χ2v) is 4.37.